The van der Waals surface area contributed by atoms with E-state index in [9.17, 15) is 20.1 Å². The summed E-state index contributed by atoms with van der Waals surface area (Å²) in [5, 5.41) is 31.8. The van der Waals surface area contributed by atoms with Crippen molar-refractivity contribution < 1.29 is 20.1 Å². The number of carbonyl (C=O) groups excluding carboxylic acids is 1. The van der Waals surface area contributed by atoms with Gasteiger partial charge in [-0.2, -0.15) is 0 Å². The topological polar surface area (TPSA) is 77.8 Å². The Balaban J connectivity index is 1.40. The SMILES string of the molecule is CC12CCC3C(C4CC4C4(C=O)CC(O)CCC34C)C1C1CC1C2(O)CCCO. The van der Waals surface area contributed by atoms with Crippen LogP contribution in [0.5, 0.6) is 0 Å². The van der Waals surface area contributed by atoms with Gasteiger partial charge in [0.15, 0.2) is 0 Å². The van der Waals surface area contributed by atoms with Crippen LogP contribution < -0.4 is 0 Å². The number of aliphatic hydroxyl groups is 3. The Morgan fingerprint density at radius 3 is 2.45 bits per heavy atom. The van der Waals surface area contributed by atoms with Crippen LogP contribution in [0.25, 0.3) is 0 Å². The highest BCUT2D eigenvalue weighted by molar-refractivity contribution is 5.64. The molecule has 6 fully saturated rings. The van der Waals surface area contributed by atoms with Crippen molar-refractivity contribution in [1.29, 1.82) is 0 Å². The van der Waals surface area contributed by atoms with E-state index in [2.05, 4.69) is 13.8 Å². The third-order valence-electron chi connectivity index (χ3n) is 11.9. The van der Waals surface area contributed by atoms with Gasteiger partial charge in [0, 0.05) is 12.0 Å². The van der Waals surface area contributed by atoms with E-state index in [0.717, 1.165) is 44.9 Å². The predicted octanol–water partition coefficient (Wildman–Crippen LogP) is 3.17. The van der Waals surface area contributed by atoms with Crippen molar-refractivity contribution >= 4 is 6.29 Å². The molecule has 0 bridgehead atoms. The molecule has 0 radical (unpaired) electrons. The van der Waals surface area contributed by atoms with Gasteiger partial charge in [0.2, 0.25) is 0 Å². The van der Waals surface area contributed by atoms with Crippen molar-refractivity contribution in [2.75, 3.05) is 6.61 Å². The van der Waals surface area contributed by atoms with Gasteiger partial charge >= 0.3 is 0 Å². The third kappa shape index (κ3) is 2.01. The maximum absolute atomic E-state index is 12.6. The molecule has 4 nitrogen and oxygen atoms in total. The van der Waals surface area contributed by atoms with Gasteiger partial charge in [-0.05, 0) is 110 Å². The van der Waals surface area contributed by atoms with Crippen molar-refractivity contribution in [3.63, 3.8) is 0 Å². The lowest BCUT2D eigenvalue weighted by Crippen LogP contribution is -2.63. The van der Waals surface area contributed by atoms with Crippen LogP contribution in [0.4, 0.5) is 0 Å². The Labute approximate surface area is 174 Å². The third-order valence-corrected chi connectivity index (χ3v) is 11.9. The van der Waals surface area contributed by atoms with Crippen molar-refractivity contribution in [2.24, 2.45) is 57.7 Å². The minimum absolute atomic E-state index is 0.00777. The lowest BCUT2D eigenvalue weighted by atomic mass is 9.39. The summed E-state index contributed by atoms with van der Waals surface area (Å²) in [6.07, 6.45) is 9.37. The average molecular weight is 403 g/mol. The van der Waals surface area contributed by atoms with Gasteiger partial charge in [-0.3, -0.25) is 0 Å². The minimum Gasteiger partial charge on any atom is -0.396 e. The van der Waals surface area contributed by atoms with Gasteiger partial charge in [-0.1, -0.05) is 13.8 Å². The van der Waals surface area contributed by atoms with Crippen LogP contribution in [0.3, 0.4) is 0 Å². The van der Waals surface area contributed by atoms with E-state index in [1.165, 1.54) is 6.29 Å². The van der Waals surface area contributed by atoms with Crippen LogP contribution >= 0.6 is 0 Å². The van der Waals surface area contributed by atoms with E-state index in [1.54, 1.807) is 0 Å². The zero-order chi connectivity index (χ0) is 20.4. The second kappa shape index (κ2) is 5.66. The van der Waals surface area contributed by atoms with E-state index >= 15 is 0 Å². The molecule has 12 unspecified atom stereocenters. The van der Waals surface area contributed by atoms with E-state index < -0.39 is 5.60 Å². The summed E-state index contributed by atoms with van der Waals surface area (Å²) in [5.41, 5.74) is -0.952. The van der Waals surface area contributed by atoms with E-state index in [0.29, 0.717) is 54.3 Å². The zero-order valence-electron chi connectivity index (χ0n) is 18.0. The van der Waals surface area contributed by atoms with Gasteiger partial charge in [0.05, 0.1) is 11.7 Å². The molecule has 162 valence electrons. The molecular formula is C25H38O4. The molecule has 0 amide bonds. The maximum Gasteiger partial charge on any atom is 0.127 e. The predicted molar refractivity (Wildman–Crippen MR) is 109 cm³/mol. The fourth-order valence-corrected chi connectivity index (χ4v) is 10.5. The summed E-state index contributed by atoms with van der Waals surface area (Å²) < 4.78 is 0. The van der Waals surface area contributed by atoms with Crippen LogP contribution in [0, 0.1) is 57.7 Å². The molecule has 6 aliphatic rings. The first kappa shape index (κ1) is 19.3. The highest BCUT2D eigenvalue weighted by Gasteiger charge is 2.81. The lowest BCUT2D eigenvalue weighted by Gasteiger charge is -2.65. The molecule has 3 N–H and O–H groups in total. The molecule has 0 aromatic rings. The Morgan fingerprint density at radius 1 is 1.00 bits per heavy atom. The molecule has 6 aliphatic carbocycles. The summed E-state index contributed by atoms with van der Waals surface area (Å²) in [6.45, 7) is 4.92. The molecule has 6 saturated carbocycles. The first-order valence-corrected chi connectivity index (χ1v) is 12.2. The number of aliphatic hydroxyl groups excluding tert-OH is 2. The number of fused-ring (bicyclic) bond motifs is 10. The molecule has 0 spiro atoms. The fraction of sp³-hybridized carbons (Fsp3) is 0.960. The number of hydrogen-bond acceptors (Lipinski definition) is 4. The van der Waals surface area contributed by atoms with Crippen LogP contribution in [-0.2, 0) is 4.79 Å². The first-order chi connectivity index (χ1) is 13.8. The number of carbonyl (C=O) groups is 1. The molecule has 0 aliphatic heterocycles. The Bertz CT molecular complexity index is 738. The van der Waals surface area contributed by atoms with E-state index in [4.69, 9.17) is 0 Å². The standard InChI is InChI=1S/C25H38O4/c1-22-7-4-14(28)12-24(22,13-27)18-10-15(18)20-17(22)5-8-23(2)21(20)16-11-19(16)25(23,29)6-3-9-26/h13-21,26,28-29H,3-12H2,1-2H3. The number of hydrogen-bond donors (Lipinski definition) is 3. The van der Waals surface area contributed by atoms with Gasteiger partial charge in [-0.25, -0.2) is 0 Å². The molecule has 0 aromatic heterocycles. The molecule has 0 heterocycles. The van der Waals surface area contributed by atoms with Gasteiger partial charge in [0.25, 0.3) is 0 Å². The number of rotatable bonds is 4. The Morgan fingerprint density at radius 2 is 1.72 bits per heavy atom. The molecule has 29 heavy (non-hydrogen) atoms. The lowest BCUT2D eigenvalue weighted by molar-refractivity contribution is -0.202. The quantitative estimate of drug-likeness (QED) is 0.631. The molecular weight excluding hydrogens is 364 g/mol. The molecule has 4 heteroatoms. The van der Waals surface area contributed by atoms with E-state index in [-0.39, 0.29) is 29.0 Å². The van der Waals surface area contributed by atoms with Gasteiger partial charge in [0.1, 0.15) is 6.29 Å². The minimum atomic E-state index is -0.608. The largest absolute Gasteiger partial charge is 0.396 e. The van der Waals surface area contributed by atoms with Crippen molar-refractivity contribution in [1.82, 2.24) is 0 Å². The highest BCUT2D eigenvalue weighted by atomic mass is 16.3. The van der Waals surface area contributed by atoms with Crippen molar-refractivity contribution in [3.05, 3.63) is 0 Å². The van der Waals surface area contributed by atoms with Crippen LogP contribution in [0.15, 0.2) is 0 Å². The second-order valence-electron chi connectivity index (χ2n) is 12.4. The highest BCUT2D eigenvalue weighted by Crippen LogP contribution is 2.83. The summed E-state index contributed by atoms with van der Waals surface area (Å²) in [6, 6.07) is 0. The summed E-state index contributed by atoms with van der Waals surface area (Å²) in [7, 11) is 0. The second-order valence-corrected chi connectivity index (χ2v) is 12.4. The monoisotopic (exact) mass is 402 g/mol. The average Bonchev–Trinajstić information content (AvgIpc) is 3.60. The van der Waals surface area contributed by atoms with E-state index in [1.807, 2.05) is 0 Å². The van der Waals surface area contributed by atoms with Gasteiger partial charge < -0.3 is 20.1 Å². The maximum atomic E-state index is 12.6. The molecule has 6 rings (SSSR count). The molecule has 12 atom stereocenters. The van der Waals surface area contributed by atoms with Crippen LogP contribution in [0.2, 0.25) is 0 Å². The molecule has 0 saturated heterocycles. The van der Waals surface area contributed by atoms with Gasteiger partial charge in [-0.15, -0.1) is 0 Å². The van der Waals surface area contributed by atoms with Crippen molar-refractivity contribution in [3.8, 4) is 0 Å². The zero-order valence-corrected chi connectivity index (χ0v) is 18.0. The number of aldehydes is 1. The van der Waals surface area contributed by atoms with Crippen molar-refractivity contribution in [2.45, 2.75) is 83.3 Å². The smallest absolute Gasteiger partial charge is 0.127 e. The summed E-state index contributed by atoms with van der Waals surface area (Å²) in [4.78, 5) is 12.6. The Kier molecular flexibility index (Phi) is 3.76. The van der Waals surface area contributed by atoms with Crippen LogP contribution in [0.1, 0.15) is 71.6 Å². The normalized spacial score (nSPS) is 64.2. The summed E-state index contributed by atoms with van der Waals surface area (Å²) in [5.74, 6) is 3.94. The van der Waals surface area contributed by atoms with Crippen LogP contribution in [-0.4, -0.2) is 39.9 Å². The Hall–Kier alpha value is -0.450. The summed E-state index contributed by atoms with van der Waals surface area (Å²) >= 11 is 0. The first-order valence-electron chi connectivity index (χ1n) is 12.2. The fourth-order valence-electron chi connectivity index (χ4n) is 10.5. The molecule has 0 aromatic carbocycles.